The smallest absolute Gasteiger partial charge is 0.251 e. The summed E-state index contributed by atoms with van der Waals surface area (Å²) in [6.45, 7) is 2.90. The summed E-state index contributed by atoms with van der Waals surface area (Å²) >= 11 is 0. The molecule has 27 heavy (non-hydrogen) atoms. The van der Waals surface area contributed by atoms with Gasteiger partial charge in [0.25, 0.3) is 5.91 Å². The van der Waals surface area contributed by atoms with Crippen LogP contribution in [0.2, 0.25) is 0 Å². The zero-order valence-electron chi connectivity index (χ0n) is 15.9. The molecule has 0 spiro atoms. The van der Waals surface area contributed by atoms with Crippen LogP contribution in [0, 0.1) is 0 Å². The molecule has 1 aliphatic heterocycles. The molecule has 1 aliphatic rings. The fourth-order valence-electron chi connectivity index (χ4n) is 3.48. The van der Waals surface area contributed by atoms with Crippen molar-refractivity contribution in [3.05, 3.63) is 71.5 Å². The average Bonchev–Trinajstić information content (AvgIpc) is 3.17. The van der Waals surface area contributed by atoms with Crippen LogP contribution in [0.1, 0.15) is 34.5 Å². The number of imidazole rings is 1. The highest BCUT2D eigenvalue weighted by molar-refractivity contribution is 5.97. The van der Waals surface area contributed by atoms with Crippen LogP contribution >= 0.6 is 0 Å². The number of nitrogens with one attached hydrogen (secondary N) is 1. The second-order valence-electron chi connectivity index (χ2n) is 7.23. The molecule has 0 saturated carbocycles. The molecule has 0 bridgehead atoms. The van der Waals surface area contributed by atoms with Gasteiger partial charge in [0.2, 0.25) is 0 Å². The highest BCUT2D eigenvalue weighted by atomic mass is 16.1. The van der Waals surface area contributed by atoms with Crippen molar-refractivity contribution in [3.8, 4) is 17.1 Å². The van der Waals surface area contributed by atoms with Crippen molar-refractivity contribution in [2.24, 2.45) is 0 Å². The molecule has 0 saturated heterocycles. The monoisotopic (exact) mass is 360 g/mol. The van der Waals surface area contributed by atoms with Crippen LogP contribution in [-0.4, -0.2) is 41.0 Å². The molecule has 1 amide bonds. The third-order valence-corrected chi connectivity index (χ3v) is 5.36. The Balaban J connectivity index is 1.70. The van der Waals surface area contributed by atoms with Crippen molar-refractivity contribution in [2.75, 3.05) is 20.6 Å². The van der Waals surface area contributed by atoms with Gasteiger partial charge in [-0.25, -0.2) is 4.98 Å². The lowest BCUT2D eigenvalue weighted by atomic mass is 9.99. The molecule has 5 nitrogen and oxygen atoms in total. The number of carbonyl (C=O) groups is 1. The third-order valence-electron chi connectivity index (χ3n) is 5.36. The Morgan fingerprint density at radius 1 is 1.15 bits per heavy atom. The van der Waals surface area contributed by atoms with Gasteiger partial charge in [-0.1, -0.05) is 30.3 Å². The Hall–Kier alpha value is -2.92. The molecule has 2 aromatic carbocycles. The summed E-state index contributed by atoms with van der Waals surface area (Å²) in [5.74, 6) is 0.872. The van der Waals surface area contributed by atoms with E-state index in [1.54, 1.807) is 6.20 Å². The summed E-state index contributed by atoms with van der Waals surface area (Å²) in [6.07, 6.45) is 4.61. The van der Waals surface area contributed by atoms with Gasteiger partial charge in [0, 0.05) is 41.8 Å². The van der Waals surface area contributed by atoms with E-state index in [-0.39, 0.29) is 5.91 Å². The zero-order valence-corrected chi connectivity index (χ0v) is 15.9. The number of amides is 1. The largest absolute Gasteiger partial charge is 0.352 e. The molecule has 0 radical (unpaired) electrons. The van der Waals surface area contributed by atoms with Crippen LogP contribution in [0.5, 0.6) is 0 Å². The lowest BCUT2D eigenvalue weighted by molar-refractivity contribution is 0.0946. The number of nitrogens with zero attached hydrogens (tertiary/aromatic N) is 3. The molecule has 1 aromatic heterocycles. The van der Waals surface area contributed by atoms with Gasteiger partial charge < -0.3 is 10.2 Å². The highest BCUT2D eigenvalue weighted by Crippen LogP contribution is 2.26. The number of aromatic nitrogens is 2. The van der Waals surface area contributed by atoms with Crippen molar-refractivity contribution >= 4 is 5.91 Å². The van der Waals surface area contributed by atoms with Crippen molar-refractivity contribution in [1.29, 1.82) is 0 Å². The second-order valence-corrected chi connectivity index (χ2v) is 7.23. The van der Waals surface area contributed by atoms with Crippen LogP contribution in [0.4, 0.5) is 0 Å². The van der Waals surface area contributed by atoms with E-state index in [4.69, 9.17) is 0 Å². The van der Waals surface area contributed by atoms with Crippen molar-refractivity contribution in [3.63, 3.8) is 0 Å². The van der Waals surface area contributed by atoms with Gasteiger partial charge in [0.1, 0.15) is 5.82 Å². The minimum atomic E-state index is 0.00166. The van der Waals surface area contributed by atoms with Crippen LogP contribution in [0.3, 0.4) is 0 Å². The van der Waals surface area contributed by atoms with Gasteiger partial charge in [-0.05, 0) is 50.7 Å². The number of fused-ring (bicyclic) bond motifs is 1. The predicted octanol–water partition coefficient (Wildman–Crippen LogP) is 3.45. The Morgan fingerprint density at radius 3 is 2.67 bits per heavy atom. The first-order valence-electron chi connectivity index (χ1n) is 9.26. The maximum Gasteiger partial charge on any atom is 0.251 e. The molecule has 0 fully saturated rings. The van der Waals surface area contributed by atoms with E-state index >= 15 is 0 Å². The van der Waals surface area contributed by atoms with E-state index in [1.165, 1.54) is 5.56 Å². The van der Waals surface area contributed by atoms with E-state index in [2.05, 4.69) is 72.6 Å². The molecule has 3 aromatic rings. The maximum absolute atomic E-state index is 12.2. The van der Waals surface area contributed by atoms with E-state index < -0.39 is 0 Å². The molecule has 138 valence electrons. The summed E-state index contributed by atoms with van der Waals surface area (Å²) < 4.78 is 2.03. The Labute approximate surface area is 159 Å². The second kappa shape index (κ2) is 7.00. The molecule has 1 atom stereocenters. The van der Waals surface area contributed by atoms with E-state index in [0.29, 0.717) is 12.6 Å². The van der Waals surface area contributed by atoms with Crippen molar-refractivity contribution in [1.82, 2.24) is 19.8 Å². The Bertz CT molecular complexity index is 972. The topological polar surface area (TPSA) is 50.2 Å². The Morgan fingerprint density at radius 2 is 1.93 bits per heavy atom. The lowest BCUT2D eigenvalue weighted by Crippen LogP contribution is -2.31. The van der Waals surface area contributed by atoms with E-state index in [9.17, 15) is 4.79 Å². The lowest BCUT2D eigenvalue weighted by Gasteiger charge is -2.20. The molecule has 2 heterocycles. The van der Waals surface area contributed by atoms with Gasteiger partial charge in [0.15, 0.2) is 0 Å². The van der Waals surface area contributed by atoms with Crippen LogP contribution in [-0.2, 0) is 6.42 Å². The first-order valence-corrected chi connectivity index (χ1v) is 9.26. The quantitative estimate of drug-likeness (QED) is 0.775. The van der Waals surface area contributed by atoms with E-state index in [1.807, 2.05) is 16.8 Å². The zero-order chi connectivity index (χ0) is 19.0. The number of rotatable bonds is 4. The molecule has 4 rings (SSSR count). The number of hydrogen-bond acceptors (Lipinski definition) is 3. The molecular formula is C22H24N4O. The molecule has 1 unspecified atom stereocenters. The number of benzene rings is 2. The van der Waals surface area contributed by atoms with Gasteiger partial charge in [-0.2, -0.15) is 0 Å². The first-order chi connectivity index (χ1) is 13.0. The SMILES string of the molecule is CC(c1ccc(-c2nccn2-c2ccc3c(c2)C(=O)NCC3)cc1)N(C)C. The minimum absolute atomic E-state index is 0.00166. The van der Waals surface area contributed by atoms with Gasteiger partial charge in [-0.15, -0.1) is 0 Å². The summed E-state index contributed by atoms with van der Waals surface area (Å²) in [5.41, 5.74) is 5.13. The summed E-state index contributed by atoms with van der Waals surface area (Å²) in [6, 6.07) is 15.0. The van der Waals surface area contributed by atoms with Crippen LogP contribution in [0.25, 0.3) is 17.1 Å². The normalized spacial score (nSPS) is 14.7. The molecule has 0 aliphatic carbocycles. The van der Waals surface area contributed by atoms with Crippen LogP contribution < -0.4 is 5.32 Å². The van der Waals surface area contributed by atoms with E-state index in [0.717, 1.165) is 34.6 Å². The van der Waals surface area contributed by atoms with Crippen LogP contribution in [0.15, 0.2) is 54.9 Å². The predicted molar refractivity (Wildman–Crippen MR) is 107 cm³/mol. The third kappa shape index (κ3) is 3.26. The fraction of sp³-hybridized carbons (Fsp3) is 0.273. The Kier molecular flexibility index (Phi) is 4.54. The highest BCUT2D eigenvalue weighted by Gasteiger charge is 2.18. The van der Waals surface area contributed by atoms with Crippen molar-refractivity contribution < 1.29 is 4.79 Å². The first kappa shape index (κ1) is 17.5. The number of hydrogen-bond donors (Lipinski definition) is 1. The minimum Gasteiger partial charge on any atom is -0.352 e. The van der Waals surface area contributed by atoms with Crippen molar-refractivity contribution in [2.45, 2.75) is 19.4 Å². The standard InChI is InChI=1S/C22H24N4O/c1-15(25(2)3)16-4-6-18(7-5-16)21-23-12-13-26(21)19-9-8-17-10-11-24-22(27)20(17)14-19/h4-9,12-15H,10-11H2,1-3H3,(H,24,27). The molecule has 5 heteroatoms. The summed E-state index contributed by atoms with van der Waals surface area (Å²) in [7, 11) is 4.16. The average molecular weight is 360 g/mol. The number of carbonyl (C=O) groups excluding carboxylic acids is 1. The van der Waals surface area contributed by atoms with Gasteiger partial charge >= 0.3 is 0 Å². The fourth-order valence-corrected chi connectivity index (χ4v) is 3.48. The van der Waals surface area contributed by atoms with Gasteiger partial charge in [0.05, 0.1) is 0 Å². The maximum atomic E-state index is 12.2. The molecular weight excluding hydrogens is 336 g/mol. The molecule has 1 N–H and O–H groups in total. The summed E-state index contributed by atoms with van der Waals surface area (Å²) in [4.78, 5) is 18.9. The summed E-state index contributed by atoms with van der Waals surface area (Å²) in [5, 5.41) is 2.92. The van der Waals surface area contributed by atoms with Gasteiger partial charge in [-0.3, -0.25) is 9.36 Å².